The number of piperidine rings is 1. The molecule has 6 nitrogen and oxygen atoms in total. The number of aromatic nitrogens is 2. The number of ether oxygens (including phenoxy) is 2. The van der Waals surface area contributed by atoms with Crippen LogP contribution >= 0.6 is 0 Å². The third-order valence-electron chi connectivity index (χ3n) is 5.35. The Hall–Kier alpha value is -2.47. The molecule has 26 heavy (non-hydrogen) atoms. The Balaban J connectivity index is 1.28. The molecule has 2 fully saturated rings. The molecule has 136 valence electrons. The van der Waals surface area contributed by atoms with Crippen molar-refractivity contribution in [1.29, 1.82) is 0 Å². The van der Waals surface area contributed by atoms with Crippen LogP contribution in [0.15, 0.2) is 48.9 Å². The molecule has 0 radical (unpaired) electrons. The van der Waals surface area contributed by atoms with Gasteiger partial charge in [0, 0.05) is 25.5 Å². The van der Waals surface area contributed by atoms with Crippen LogP contribution in [0.25, 0.3) is 0 Å². The van der Waals surface area contributed by atoms with E-state index in [1.807, 2.05) is 29.2 Å². The van der Waals surface area contributed by atoms with Gasteiger partial charge in [-0.25, -0.2) is 0 Å². The van der Waals surface area contributed by atoms with Crippen LogP contribution in [0.5, 0.6) is 5.75 Å². The molecule has 1 atom stereocenters. The first kappa shape index (κ1) is 17.0. The van der Waals surface area contributed by atoms with Crippen LogP contribution < -0.4 is 4.74 Å². The quantitative estimate of drug-likeness (QED) is 0.845. The molecule has 1 spiro atoms. The molecule has 1 amide bonds. The van der Waals surface area contributed by atoms with E-state index in [-0.39, 0.29) is 17.4 Å². The smallest absolute Gasteiger partial charge is 0.272 e. The largest absolute Gasteiger partial charge is 0.489 e. The Labute approximate surface area is 153 Å². The Kier molecular flexibility index (Phi) is 4.84. The van der Waals surface area contributed by atoms with E-state index >= 15 is 0 Å². The summed E-state index contributed by atoms with van der Waals surface area (Å²) in [6.45, 7) is 2.81. The van der Waals surface area contributed by atoms with Crippen LogP contribution in [0.2, 0.25) is 0 Å². The van der Waals surface area contributed by atoms with Crippen molar-refractivity contribution in [2.24, 2.45) is 5.41 Å². The zero-order valence-corrected chi connectivity index (χ0v) is 14.7. The van der Waals surface area contributed by atoms with E-state index in [0.29, 0.717) is 12.3 Å². The fourth-order valence-corrected chi connectivity index (χ4v) is 3.81. The first-order chi connectivity index (χ1) is 12.7. The van der Waals surface area contributed by atoms with Crippen molar-refractivity contribution in [3.8, 4) is 5.75 Å². The average Bonchev–Trinajstić information content (AvgIpc) is 3.10. The van der Waals surface area contributed by atoms with Gasteiger partial charge < -0.3 is 14.4 Å². The molecule has 0 N–H and O–H groups in total. The highest BCUT2D eigenvalue weighted by atomic mass is 16.5. The van der Waals surface area contributed by atoms with Crippen LogP contribution in [-0.2, 0) is 4.74 Å². The van der Waals surface area contributed by atoms with Crippen LogP contribution in [0, 0.1) is 5.41 Å². The maximum atomic E-state index is 12.5. The van der Waals surface area contributed by atoms with Crippen molar-refractivity contribution in [3.05, 3.63) is 54.6 Å². The molecule has 4 rings (SSSR count). The van der Waals surface area contributed by atoms with Gasteiger partial charge in [-0.1, -0.05) is 6.07 Å². The molecule has 2 aromatic heterocycles. The van der Waals surface area contributed by atoms with Crippen LogP contribution in [-0.4, -0.2) is 53.2 Å². The third-order valence-corrected chi connectivity index (χ3v) is 5.35. The number of hydrogen-bond donors (Lipinski definition) is 0. The fraction of sp³-hybridized carbons (Fsp3) is 0.450. The molecular formula is C20H23N3O3. The van der Waals surface area contributed by atoms with E-state index in [1.54, 1.807) is 24.7 Å². The standard InChI is InChI=1S/C20H23N3O3/c24-19(18-5-1-2-9-22-18)23-10-6-20(7-11-23)12-17(26-15-20)14-25-16-4-3-8-21-13-16/h1-5,8-9,13,17H,6-7,10-12,14-15H2/t17-/m0/s1. The van der Waals surface area contributed by atoms with Gasteiger partial charge in [0.2, 0.25) is 0 Å². The van der Waals surface area contributed by atoms with Gasteiger partial charge in [0.25, 0.3) is 5.91 Å². The summed E-state index contributed by atoms with van der Waals surface area (Å²) in [4.78, 5) is 22.7. The Morgan fingerprint density at radius 2 is 2.12 bits per heavy atom. The summed E-state index contributed by atoms with van der Waals surface area (Å²) >= 11 is 0. The summed E-state index contributed by atoms with van der Waals surface area (Å²) in [5.41, 5.74) is 0.693. The summed E-state index contributed by atoms with van der Waals surface area (Å²) < 4.78 is 11.8. The lowest BCUT2D eigenvalue weighted by Crippen LogP contribution is -2.43. The zero-order chi connectivity index (χ0) is 17.8. The molecule has 6 heteroatoms. The summed E-state index contributed by atoms with van der Waals surface area (Å²) in [5, 5.41) is 0. The van der Waals surface area contributed by atoms with Gasteiger partial charge in [-0.15, -0.1) is 0 Å². The first-order valence-corrected chi connectivity index (χ1v) is 9.09. The van der Waals surface area contributed by atoms with E-state index in [2.05, 4.69) is 9.97 Å². The van der Waals surface area contributed by atoms with E-state index in [4.69, 9.17) is 9.47 Å². The normalized spacial score (nSPS) is 21.7. The average molecular weight is 353 g/mol. The van der Waals surface area contributed by atoms with Crippen LogP contribution in [0.1, 0.15) is 29.8 Å². The Morgan fingerprint density at radius 3 is 2.85 bits per heavy atom. The lowest BCUT2D eigenvalue weighted by atomic mass is 9.76. The van der Waals surface area contributed by atoms with E-state index in [9.17, 15) is 4.79 Å². The summed E-state index contributed by atoms with van der Waals surface area (Å²) in [6.07, 6.45) is 8.13. The predicted molar refractivity (Wildman–Crippen MR) is 95.9 cm³/mol. The summed E-state index contributed by atoms with van der Waals surface area (Å²) in [6, 6.07) is 9.21. The van der Waals surface area contributed by atoms with Crippen molar-refractivity contribution < 1.29 is 14.3 Å². The molecule has 0 aliphatic carbocycles. The molecule has 4 heterocycles. The number of pyridine rings is 2. The number of rotatable bonds is 4. The third kappa shape index (κ3) is 3.70. The summed E-state index contributed by atoms with van der Waals surface area (Å²) in [7, 11) is 0. The maximum absolute atomic E-state index is 12.5. The molecule has 2 aliphatic heterocycles. The molecule has 0 bridgehead atoms. The van der Waals surface area contributed by atoms with Crippen molar-refractivity contribution >= 4 is 5.91 Å². The van der Waals surface area contributed by atoms with Crippen molar-refractivity contribution in [2.45, 2.75) is 25.4 Å². The highest BCUT2D eigenvalue weighted by Gasteiger charge is 2.43. The van der Waals surface area contributed by atoms with Crippen molar-refractivity contribution in [3.63, 3.8) is 0 Å². The highest BCUT2D eigenvalue weighted by Crippen LogP contribution is 2.42. The predicted octanol–water partition coefficient (Wildman–Crippen LogP) is 2.57. The fourth-order valence-electron chi connectivity index (χ4n) is 3.81. The minimum absolute atomic E-state index is 0.0239. The lowest BCUT2D eigenvalue weighted by molar-refractivity contribution is 0.0425. The molecule has 0 saturated carbocycles. The number of nitrogens with zero attached hydrogens (tertiary/aromatic N) is 3. The minimum Gasteiger partial charge on any atom is -0.489 e. The molecule has 2 aliphatic rings. The number of carbonyl (C=O) groups excluding carboxylic acids is 1. The van der Waals surface area contributed by atoms with Crippen LogP contribution in [0.3, 0.4) is 0 Å². The van der Waals surface area contributed by atoms with Gasteiger partial charge in [0.15, 0.2) is 0 Å². The first-order valence-electron chi connectivity index (χ1n) is 9.09. The lowest BCUT2D eigenvalue weighted by Gasteiger charge is -2.38. The van der Waals surface area contributed by atoms with E-state index in [0.717, 1.165) is 44.7 Å². The monoisotopic (exact) mass is 353 g/mol. The second kappa shape index (κ2) is 7.41. The topological polar surface area (TPSA) is 64.6 Å². The number of hydrogen-bond acceptors (Lipinski definition) is 5. The summed E-state index contributed by atoms with van der Waals surface area (Å²) in [5.74, 6) is 0.795. The SMILES string of the molecule is O=C(c1ccccn1)N1CCC2(CC1)CO[C@H](COc1cccnc1)C2. The van der Waals surface area contributed by atoms with Crippen molar-refractivity contribution in [1.82, 2.24) is 14.9 Å². The second-order valence-corrected chi connectivity index (χ2v) is 7.14. The van der Waals surface area contributed by atoms with Crippen molar-refractivity contribution in [2.75, 3.05) is 26.3 Å². The van der Waals surface area contributed by atoms with Gasteiger partial charge in [-0.05, 0) is 48.9 Å². The number of carbonyl (C=O) groups is 1. The molecule has 2 saturated heterocycles. The number of amides is 1. The minimum atomic E-state index is 0.0239. The van der Waals surface area contributed by atoms with Gasteiger partial charge in [-0.2, -0.15) is 0 Å². The van der Waals surface area contributed by atoms with Crippen LogP contribution in [0.4, 0.5) is 0 Å². The molecular weight excluding hydrogens is 330 g/mol. The molecule has 0 aromatic carbocycles. The van der Waals surface area contributed by atoms with Gasteiger partial charge in [-0.3, -0.25) is 14.8 Å². The molecule has 0 unspecified atom stereocenters. The van der Waals surface area contributed by atoms with Gasteiger partial charge in [0.1, 0.15) is 18.1 Å². The van der Waals surface area contributed by atoms with Gasteiger partial charge >= 0.3 is 0 Å². The van der Waals surface area contributed by atoms with E-state index in [1.165, 1.54) is 0 Å². The highest BCUT2D eigenvalue weighted by molar-refractivity contribution is 5.92. The number of likely N-dealkylation sites (tertiary alicyclic amines) is 1. The van der Waals surface area contributed by atoms with E-state index < -0.39 is 0 Å². The molecule has 2 aromatic rings. The van der Waals surface area contributed by atoms with Gasteiger partial charge in [0.05, 0.1) is 18.9 Å². The zero-order valence-electron chi connectivity index (χ0n) is 14.7. The maximum Gasteiger partial charge on any atom is 0.272 e. The Bertz CT molecular complexity index is 730. The Morgan fingerprint density at radius 1 is 1.23 bits per heavy atom. The second-order valence-electron chi connectivity index (χ2n) is 7.14.